The molecule has 0 bridgehead atoms. The minimum atomic E-state index is 0.180. The summed E-state index contributed by atoms with van der Waals surface area (Å²) in [7, 11) is 0. The van der Waals surface area contributed by atoms with Gasteiger partial charge in [-0.3, -0.25) is 4.90 Å². The SMILES string of the molecule is CC1CC(/C(N)=N\O)CCN1CCOc1ccc(Cc2ccccc2)cc1. The van der Waals surface area contributed by atoms with Gasteiger partial charge >= 0.3 is 0 Å². The molecular formula is C22H29N3O2. The predicted octanol–water partition coefficient (Wildman–Crippen LogP) is 3.50. The molecule has 0 aliphatic carbocycles. The fraction of sp³-hybridized carbons (Fsp3) is 0.409. The summed E-state index contributed by atoms with van der Waals surface area (Å²) in [6.07, 6.45) is 2.78. The summed E-state index contributed by atoms with van der Waals surface area (Å²) < 4.78 is 5.93. The lowest BCUT2D eigenvalue weighted by Crippen LogP contribution is -2.45. The smallest absolute Gasteiger partial charge is 0.142 e. The van der Waals surface area contributed by atoms with Crippen molar-refractivity contribution in [3.63, 3.8) is 0 Å². The van der Waals surface area contributed by atoms with Crippen LogP contribution in [-0.4, -0.2) is 41.7 Å². The van der Waals surface area contributed by atoms with Crippen molar-refractivity contribution in [2.24, 2.45) is 16.8 Å². The molecule has 2 atom stereocenters. The van der Waals surface area contributed by atoms with Gasteiger partial charge in [0.05, 0.1) is 0 Å². The number of likely N-dealkylation sites (tertiary alicyclic amines) is 1. The molecule has 5 heteroatoms. The summed E-state index contributed by atoms with van der Waals surface area (Å²) in [6, 6.07) is 19.2. The number of ether oxygens (including phenoxy) is 1. The Hall–Kier alpha value is -2.53. The number of oxime groups is 1. The highest BCUT2D eigenvalue weighted by molar-refractivity contribution is 5.82. The summed E-state index contributed by atoms with van der Waals surface area (Å²) >= 11 is 0. The molecule has 0 saturated carbocycles. The molecule has 0 aromatic heterocycles. The van der Waals surface area contributed by atoms with Crippen molar-refractivity contribution in [3.8, 4) is 5.75 Å². The molecule has 1 fully saturated rings. The number of piperidine rings is 1. The van der Waals surface area contributed by atoms with Crippen molar-refractivity contribution in [2.75, 3.05) is 19.7 Å². The maximum atomic E-state index is 8.84. The van der Waals surface area contributed by atoms with Crippen molar-refractivity contribution in [1.29, 1.82) is 0 Å². The zero-order valence-corrected chi connectivity index (χ0v) is 15.9. The van der Waals surface area contributed by atoms with Crippen LogP contribution in [0, 0.1) is 5.92 Å². The van der Waals surface area contributed by atoms with Crippen molar-refractivity contribution < 1.29 is 9.94 Å². The third kappa shape index (κ3) is 5.47. The number of hydrogen-bond acceptors (Lipinski definition) is 4. The largest absolute Gasteiger partial charge is 0.492 e. The molecule has 0 amide bonds. The summed E-state index contributed by atoms with van der Waals surface area (Å²) in [5.74, 6) is 1.44. The second kappa shape index (κ2) is 9.42. The molecule has 2 unspecified atom stereocenters. The Kier molecular flexibility index (Phi) is 6.71. The van der Waals surface area contributed by atoms with E-state index in [1.54, 1.807) is 0 Å². The van der Waals surface area contributed by atoms with Crippen LogP contribution in [0.15, 0.2) is 59.8 Å². The number of hydrogen-bond donors (Lipinski definition) is 2. The maximum absolute atomic E-state index is 8.84. The third-order valence-electron chi connectivity index (χ3n) is 5.37. The predicted molar refractivity (Wildman–Crippen MR) is 108 cm³/mol. The van der Waals surface area contributed by atoms with Gasteiger partial charge in [-0.05, 0) is 56.0 Å². The first kappa shape index (κ1) is 19.2. The lowest BCUT2D eigenvalue weighted by Gasteiger charge is -2.37. The third-order valence-corrected chi connectivity index (χ3v) is 5.37. The molecule has 0 radical (unpaired) electrons. The monoisotopic (exact) mass is 367 g/mol. The van der Waals surface area contributed by atoms with Crippen LogP contribution in [0.1, 0.15) is 30.9 Å². The van der Waals surface area contributed by atoms with E-state index in [2.05, 4.69) is 53.4 Å². The van der Waals surface area contributed by atoms with Crippen LogP contribution in [0.3, 0.4) is 0 Å². The number of amidine groups is 1. The Morgan fingerprint density at radius 1 is 1.15 bits per heavy atom. The lowest BCUT2D eigenvalue weighted by atomic mass is 9.91. The molecule has 2 aromatic carbocycles. The van der Waals surface area contributed by atoms with Gasteiger partial charge in [-0.1, -0.05) is 47.6 Å². The van der Waals surface area contributed by atoms with E-state index in [0.29, 0.717) is 18.5 Å². The van der Waals surface area contributed by atoms with Gasteiger partial charge in [0.2, 0.25) is 0 Å². The van der Waals surface area contributed by atoms with Crippen LogP contribution in [-0.2, 0) is 6.42 Å². The summed E-state index contributed by atoms with van der Waals surface area (Å²) in [5, 5.41) is 12.0. The highest BCUT2D eigenvalue weighted by Crippen LogP contribution is 2.23. The van der Waals surface area contributed by atoms with Crippen molar-refractivity contribution in [1.82, 2.24) is 4.90 Å². The summed E-state index contributed by atoms with van der Waals surface area (Å²) in [6.45, 7) is 4.68. The van der Waals surface area contributed by atoms with E-state index in [4.69, 9.17) is 15.7 Å². The first-order chi connectivity index (χ1) is 13.2. The molecular weight excluding hydrogens is 338 g/mol. The number of nitrogens with zero attached hydrogens (tertiary/aromatic N) is 2. The molecule has 1 aliphatic rings. The highest BCUT2D eigenvalue weighted by Gasteiger charge is 2.27. The van der Waals surface area contributed by atoms with Crippen molar-refractivity contribution >= 4 is 5.84 Å². The molecule has 144 valence electrons. The van der Waals surface area contributed by atoms with Gasteiger partial charge in [-0.2, -0.15) is 0 Å². The van der Waals surface area contributed by atoms with Gasteiger partial charge in [0.25, 0.3) is 0 Å². The molecule has 27 heavy (non-hydrogen) atoms. The van der Waals surface area contributed by atoms with Gasteiger partial charge in [-0.25, -0.2) is 0 Å². The van der Waals surface area contributed by atoms with Crippen LogP contribution in [0.4, 0.5) is 0 Å². The average Bonchev–Trinajstić information content (AvgIpc) is 2.70. The van der Waals surface area contributed by atoms with Gasteiger partial charge in [0.15, 0.2) is 0 Å². The van der Waals surface area contributed by atoms with E-state index < -0.39 is 0 Å². The van der Waals surface area contributed by atoms with E-state index in [-0.39, 0.29) is 5.92 Å². The van der Waals surface area contributed by atoms with Crippen LogP contribution >= 0.6 is 0 Å². The zero-order valence-electron chi connectivity index (χ0n) is 15.9. The van der Waals surface area contributed by atoms with Crippen LogP contribution in [0.25, 0.3) is 0 Å². The van der Waals surface area contributed by atoms with Gasteiger partial charge < -0.3 is 15.7 Å². The fourth-order valence-electron chi connectivity index (χ4n) is 3.72. The topological polar surface area (TPSA) is 71.1 Å². The first-order valence-electron chi connectivity index (χ1n) is 9.63. The first-order valence-corrected chi connectivity index (χ1v) is 9.63. The molecule has 5 nitrogen and oxygen atoms in total. The Balaban J connectivity index is 1.43. The summed E-state index contributed by atoms with van der Waals surface area (Å²) in [4.78, 5) is 2.41. The van der Waals surface area contributed by atoms with Crippen molar-refractivity contribution in [3.05, 3.63) is 65.7 Å². The van der Waals surface area contributed by atoms with Crippen molar-refractivity contribution in [2.45, 2.75) is 32.2 Å². The van der Waals surface area contributed by atoms with E-state index in [1.807, 2.05) is 18.2 Å². The lowest BCUT2D eigenvalue weighted by molar-refractivity contribution is 0.119. The van der Waals surface area contributed by atoms with E-state index in [0.717, 1.165) is 38.1 Å². The molecule has 3 rings (SSSR count). The van der Waals surface area contributed by atoms with Gasteiger partial charge in [0, 0.05) is 18.5 Å². The Bertz CT molecular complexity index is 731. The Labute approximate surface area is 161 Å². The van der Waals surface area contributed by atoms with Crippen LogP contribution in [0.2, 0.25) is 0 Å². The molecule has 1 heterocycles. The second-order valence-corrected chi connectivity index (χ2v) is 7.29. The quantitative estimate of drug-likeness (QED) is 0.340. The molecule has 1 aliphatic heterocycles. The number of nitrogens with two attached hydrogens (primary N) is 1. The fourth-order valence-corrected chi connectivity index (χ4v) is 3.72. The van der Waals surface area contributed by atoms with Crippen LogP contribution < -0.4 is 10.5 Å². The molecule has 0 spiro atoms. The standard InChI is InChI=1S/C22H29N3O2/c1-17-15-20(22(23)24-26)11-12-25(17)13-14-27-21-9-7-19(8-10-21)16-18-5-3-2-4-6-18/h2-10,17,20,26H,11-16H2,1H3,(H2,23,24). The second-order valence-electron chi connectivity index (χ2n) is 7.29. The molecule has 2 aromatic rings. The molecule has 1 saturated heterocycles. The summed E-state index contributed by atoms with van der Waals surface area (Å²) in [5.41, 5.74) is 8.35. The highest BCUT2D eigenvalue weighted by atomic mass is 16.5. The van der Waals surface area contributed by atoms with Crippen LogP contribution in [0.5, 0.6) is 5.75 Å². The van der Waals surface area contributed by atoms with E-state index >= 15 is 0 Å². The van der Waals surface area contributed by atoms with Gasteiger partial charge in [-0.15, -0.1) is 0 Å². The minimum absolute atomic E-state index is 0.180. The molecule has 3 N–H and O–H groups in total. The Morgan fingerprint density at radius 3 is 2.52 bits per heavy atom. The Morgan fingerprint density at radius 2 is 1.85 bits per heavy atom. The minimum Gasteiger partial charge on any atom is -0.492 e. The van der Waals surface area contributed by atoms with Gasteiger partial charge in [0.1, 0.15) is 18.2 Å². The van der Waals surface area contributed by atoms with E-state index in [9.17, 15) is 0 Å². The maximum Gasteiger partial charge on any atom is 0.142 e. The number of benzene rings is 2. The average molecular weight is 367 g/mol. The normalized spacial score (nSPS) is 21.1. The number of rotatable bonds is 7. The zero-order chi connectivity index (χ0) is 19.1. The van der Waals surface area contributed by atoms with E-state index in [1.165, 1.54) is 11.1 Å².